The van der Waals surface area contributed by atoms with Crippen molar-refractivity contribution >= 4 is 15.9 Å². The quantitative estimate of drug-likeness (QED) is 0.566. The van der Waals surface area contributed by atoms with Crippen molar-refractivity contribution in [3.05, 3.63) is 70.3 Å². The first-order valence-corrected chi connectivity index (χ1v) is 10.00. The predicted molar refractivity (Wildman–Crippen MR) is 106 cm³/mol. The lowest BCUT2D eigenvalue weighted by Gasteiger charge is -2.31. The summed E-state index contributed by atoms with van der Waals surface area (Å²) in [5, 5.41) is 8.37. The van der Waals surface area contributed by atoms with Gasteiger partial charge in [0.2, 0.25) is 11.8 Å². The molecular weight excluding hydrogens is 409 g/mol. The summed E-state index contributed by atoms with van der Waals surface area (Å²) in [5.74, 6) is 1.69. The van der Waals surface area contributed by atoms with Crippen LogP contribution in [0.25, 0.3) is 11.5 Å². The van der Waals surface area contributed by atoms with E-state index in [1.807, 2.05) is 36.4 Å². The Morgan fingerprint density at radius 1 is 1.00 bits per heavy atom. The zero-order chi connectivity index (χ0) is 18.6. The van der Waals surface area contributed by atoms with Crippen molar-refractivity contribution in [2.24, 2.45) is 5.92 Å². The summed E-state index contributed by atoms with van der Waals surface area (Å²) < 4.78 is 19.9. The molecule has 1 aliphatic rings. The van der Waals surface area contributed by atoms with E-state index in [9.17, 15) is 4.39 Å². The van der Waals surface area contributed by atoms with Crippen molar-refractivity contribution in [3.63, 3.8) is 0 Å². The maximum absolute atomic E-state index is 13.0. The van der Waals surface area contributed by atoms with Crippen LogP contribution >= 0.6 is 15.9 Å². The van der Waals surface area contributed by atoms with Crippen LogP contribution in [-0.2, 0) is 13.0 Å². The van der Waals surface area contributed by atoms with Gasteiger partial charge in [-0.2, -0.15) is 0 Å². The number of rotatable bonds is 5. The molecule has 2 aromatic carbocycles. The van der Waals surface area contributed by atoms with Crippen LogP contribution in [-0.4, -0.2) is 28.2 Å². The van der Waals surface area contributed by atoms with Gasteiger partial charge in [0.15, 0.2) is 0 Å². The Morgan fingerprint density at radius 2 is 1.70 bits per heavy atom. The minimum atomic E-state index is -0.171. The predicted octanol–water partition coefficient (Wildman–Crippen LogP) is 5.09. The Kier molecular flexibility index (Phi) is 5.64. The van der Waals surface area contributed by atoms with Gasteiger partial charge in [0.1, 0.15) is 5.82 Å². The standard InChI is InChI=1S/C21H21BrFN3O/c22-18-5-3-17(4-6-18)21-25-24-20(27-21)14-26-11-9-16(10-12-26)13-15-1-7-19(23)8-2-15/h1-8,16H,9-14H2. The molecule has 0 radical (unpaired) electrons. The van der Waals surface area contributed by atoms with E-state index in [4.69, 9.17) is 4.42 Å². The highest BCUT2D eigenvalue weighted by atomic mass is 79.9. The smallest absolute Gasteiger partial charge is 0.247 e. The van der Waals surface area contributed by atoms with Crippen molar-refractivity contribution in [2.45, 2.75) is 25.8 Å². The van der Waals surface area contributed by atoms with Crippen molar-refractivity contribution in [1.29, 1.82) is 0 Å². The lowest BCUT2D eigenvalue weighted by atomic mass is 9.90. The number of benzene rings is 2. The van der Waals surface area contributed by atoms with Gasteiger partial charge in [0, 0.05) is 10.0 Å². The van der Waals surface area contributed by atoms with E-state index >= 15 is 0 Å². The molecule has 0 spiro atoms. The average molecular weight is 430 g/mol. The first-order chi connectivity index (χ1) is 13.2. The Labute approximate surface area is 166 Å². The molecule has 0 saturated carbocycles. The van der Waals surface area contributed by atoms with Crippen molar-refractivity contribution in [1.82, 2.24) is 15.1 Å². The summed E-state index contributed by atoms with van der Waals surface area (Å²) in [7, 11) is 0. The molecule has 0 aliphatic carbocycles. The van der Waals surface area contributed by atoms with Crippen LogP contribution in [0.1, 0.15) is 24.3 Å². The van der Waals surface area contributed by atoms with Gasteiger partial charge >= 0.3 is 0 Å². The molecule has 2 heterocycles. The van der Waals surface area contributed by atoms with E-state index in [0.717, 1.165) is 42.4 Å². The molecule has 3 aromatic rings. The van der Waals surface area contributed by atoms with Crippen molar-refractivity contribution < 1.29 is 8.81 Å². The third-order valence-corrected chi connectivity index (χ3v) is 5.59. The highest BCUT2D eigenvalue weighted by Gasteiger charge is 2.21. The summed E-state index contributed by atoms with van der Waals surface area (Å²) in [4.78, 5) is 2.36. The number of hydrogen-bond donors (Lipinski definition) is 0. The summed E-state index contributed by atoms with van der Waals surface area (Å²) in [6.45, 7) is 2.72. The second kappa shape index (κ2) is 8.31. The van der Waals surface area contributed by atoms with Gasteiger partial charge < -0.3 is 4.42 Å². The van der Waals surface area contributed by atoms with Crippen LogP contribution in [0.15, 0.2) is 57.4 Å². The third kappa shape index (κ3) is 4.82. The van der Waals surface area contributed by atoms with Gasteiger partial charge in [-0.05, 0) is 80.2 Å². The molecule has 4 nitrogen and oxygen atoms in total. The molecule has 0 bridgehead atoms. The summed E-state index contributed by atoms with van der Waals surface area (Å²) in [6.07, 6.45) is 3.28. The maximum Gasteiger partial charge on any atom is 0.247 e. The molecule has 0 atom stereocenters. The monoisotopic (exact) mass is 429 g/mol. The minimum Gasteiger partial charge on any atom is -0.419 e. The van der Waals surface area contributed by atoms with E-state index in [2.05, 4.69) is 31.0 Å². The Balaban J connectivity index is 1.29. The zero-order valence-corrected chi connectivity index (χ0v) is 16.5. The lowest BCUT2D eigenvalue weighted by Crippen LogP contribution is -2.34. The second-order valence-corrected chi connectivity index (χ2v) is 7.97. The molecule has 140 valence electrons. The largest absolute Gasteiger partial charge is 0.419 e. The number of likely N-dealkylation sites (tertiary alicyclic amines) is 1. The van der Waals surface area contributed by atoms with E-state index in [1.165, 1.54) is 5.56 Å². The molecule has 0 unspecified atom stereocenters. The fourth-order valence-corrected chi connectivity index (χ4v) is 3.78. The zero-order valence-electron chi connectivity index (χ0n) is 14.9. The van der Waals surface area contributed by atoms with Crippen molar-refractivity contribution in [2.75, 3.05) is 13.1 Å². The van der Waals surface area contributed by atoms with Gasteiger partial charge in [-0.1, -0.05) is 28.1 Å². The molecule has 6 heteroatoms. The number of hydrogen-bond acceptors (Lipinski definition) is 4. The van der Waals surface area contributed by atoms with E-state index in [0.29, 0.717) is 24.2 Å². The number of aromatic nitrogens is 2. The average Bonchev–Trinajstić information content (AvgIpc) is 3.14. The van der Waals surface area contributed by atoms with Crippen LogP contribution < -0.4 is 0 Å². The van der Waals surface area contributed by atoms with Crippen LogP contribution in [0, 0.1) is 11.7 Å². The minimum absolute atomic E-state index is 0.171. The first kappa shape index (κ1) is 18.3. The topological polar surface area (TPSA) is 42.2 Å². The summed E-state index contributed by atoms with van der Waals surface area (Å²) in [6, 6.07) is 14.7. The lowest BCUT2D eigenvalue weighted by molar-refractivity contribution is 0.164. The third-order valence-electron chi connectivity index (χ3n) is 5.06. The second-order valence-electron chi connectivity index (χ2n) is 7.06. The van der Waals surface area contributed by atoms with Gasteiger partial charge in [-0.3, -0.25) is 4.90 Å². The number of piperidine rings is 1. The molecule has 0 amide bonds. The highest BCUT2D eigenvalue weighted by Crippen LogP contribution is 2.24. The number of halogens is 2. The maximum atomic E-state index is 13.0. The van der Waals surface area contributed by atoms with Crippen LogP contribution in [0.2, 0.25) is 0 Å². The first-order valence-electron chi connectivity index (χ1n) is 9.21. The van der Waals surface area contributed by atoms with Crippen LogP contribution in [0.5, 0.6) is 0 Å². The molecule has 1 saturated heterocycles. The SMILES string of the molecule is Fc1ccc(CC2CCN(Cc3nnc(-c4ccc(Br)cc4)o3)CC2)cc1. The van der Waals surface area contributed by atoms with E-state index in [-0.39, 0.29) is 5.82 Å². The molecule has 4 rings (SSSR count). The van der Waals surface area contributed by atoms with E-state index in [1.54, 1.807) is 12.1 Å². The van der Waals surface area contributed by atoms with Gasteiger partial charge in [-0.25, -0.2) is 4.39 Å². The van der Waals surface area contributed by atoms with Gasteiger partial charge in [0.25, 0.3) is 0 Å². The number of nitrogens with zero attached hydrogens (tertiary/aromatic N) is 3. The van der Waals surface area contributed by atoms with Crippen LogP contribution in [0.4, 0.5) is 4.39 Å². The molecule has 1 aliphatic heterocycles. The Bertz CT molecular complexity index is 871. The molecular formula is C21H21BrFN3O. The molecule has 1 fully saturated rings. The highest BCUT2D eigenvalue weighted by molar-refractivity contribution is 9.10. The van der Waals surface area contributed by atoms with Crippen LogP contribution in [0.3, 0.4) is 0 Å². The van der Waals surface area contributed by atoms with E-state index < -0.39 is 0 Å². The fraction of sp³-hybridized carbons (Fsp3) is 0.333. The summed E-state index contributed by atoms with van der Waals surface area (Å²) in [5.41, 5.74) is 2.14. The molecule has 27 heavy (non-hydrogen) atoms. The normalized spacial score (nSPS) is 15.9. The fourth-order valence-electron chi connectivity index (χ4n) is 3.52. The Hall–Kier alpha value is -2.05. The summed E-state index contributed by atoms with van der Waals surface area (Å²) >= 11 is 3.43. The molecule has 1 aromatic heterocycles. The van der Waals surface area contributed by atoms with Gasteiger partial charge in [0.05, 0.1) is 6.54 Å². The Morgan fingerprint density at radius 3 is 2.41 bits per heavy atom. The molecule has 0 N–H and O–H groups in total. The van der Waals surface area contributed by atoms with Gasteiger partial charge in [-0.15, -0.1) is 10.2 Å². The van der Waals surface area contributed by atoms with Crippen molar-refractivity contribution in [3.8, 4) is 11.5 Å².